The lowest BCUT2D eigenvalue weighted by molar-refractivity contribution is -0.122. The average Bonchev–Trinajstić information content (AvgIpc) is 3.25. The van der Waals surface area contributed by atoms with E-state index in [1.54, 1.807) is 11.0 Å². The molecule has 2 aromatic rings. The summed E-state index contributed by atoms with van der Waals surface area (Å²) in [5, 5.41) is 9.40. The van der Waals surface area contributed by atoms with E-state index in [0.29, 0.717) is 21.7 Å². The molecule has 0 radical (unpaired) electrons. The molecule has 0 spiro atoms. The van der Waals surface area contributed by atoms with Crippen LogP contribution in [-0.4, -0.2) is 33.2 Å². The van der Waals surface area contributed by atoms with Crippen LogP contribution < -0.4 is 4.90 Å². The molecule has 1 aromatic heterocycles. The summed E-state index contributed by atoms with van der Waals surface area (Å²) in [7, 11) is 0. The van der Waals surface area contributed by atoms with Gasteiger partial charge >= 0.3 is 0 Å². The second-order valence-corrected chi connectivity index (χ2v) is 8.29. The first kappa shape index (κ1) is 18.7. The molecule has 3 heterocycles. The van der Waals surface area contributed by atoms with Crippen LogP contribution in [0.3, 0.4) is 0 Å². The van der Waals surface area contributed by atoms with Crippen LogP contribution >= 0.6 is 24.0 Å². The minimum Gasteiger partial charge on any atom is -0.420 e. The van der Waals surface area contributed by atoms with Crippen molar-refractivity contribution in [3.63, 3.8) is 0 Å². The van der Waals surface area contributed by atoms with E-state index >= 15 is 0 Å². The van der Waals surface area contributed by atoms with Crippen LogP contribution in [0.5, 0.6) is 0 Å². The van der Waals surface area contributed by atoms with Crippen LogP contribution in [0, 0.1) is 11.3 Å². The van der Waals surface area contributed by atoms with Gasteiger partial charge in [0.15, 0.2) is 0 Å². The fraction of sp³-hybridized carbons (Fsp3) is 0.300. The molecule has 0 aliphatic carbocycles. The zero-order chi connectivity index (χ0) is 19.5. The van der Waals surface area contributed by atoms with Crippen LogP contribution in [0.2, 0.25) is 0 Å². The van der Waals surface area contributed by atoms with Crippen molar-refractivity contribution < 1.29 is 9.21 Å². The van der Waals surface area contributed by atoms with E-state index in [-0.39, 0.29) is 17.5 Å². The molecule has 1 amide bonds. The number of nitriles is 1. The number of anilines is 1. The van der Waals surface area contributed by atoms with E-state index in [1.165, 1.54) is 18.2 Å². The zero-order valence-corrected chi connectivity index (χ0v) is 16.8. The van der Waals surface area contributed by atoms with Gasteiger partial charge in [-0.15, -0.1) is 0 Å². The number of carbonyl (C=O) groups is 1. The first-order chi connectivity index (χ1) is 13.7. The third kappa shape index (κ3) is 3.81. The predicted octanol–water partition coefficient (Wildman–Crippen LogP) is 3.94. The van der Waals surface area contributed by atoms with E-state index in [1.807, 2.05) is 35.2 Å². The molecule has 0 atom stereocenters. The van der Waals surface area contributed by atoms with Crippen molar-refractivity contribution >= 4 is 46.2 Å². The summed E-state index contributed by atoms with van der Waals surface area (Å²) >= 11 is 6.61. The first-order valence-electron chi connectivity index (χ1n) is 9.11. The monoisotopic (exact) mass is 410 g/mol. The van der Waals surface area contributed by atoms with Gasteiger partial charge in [-0.3, -0.25) is 9.69 Å². The highest BCUT2D eigenvalue weighted by Crippen LogP contribution is 2.34. The van der Waals surface area contributed by atoms with Crippen molar-refractivity contribution in [2.75, 3.05) is 18.0 Å². The predicted molar refractivity (Wildman–Crippen MR) is 112 cm³/mol. The van der Waals surface area contributed by atoms with Crippen LogP contribution in [0.1, 0.15) is 36.4 Å². The Bertz CT molecular complexity index is 972. The summed E-state index contributed by atoms with van der Waals surface area (Å²) in [6.45, 7) is 2.13. The molecule has 4 rings (SSSR count). The molecule has 28 heavy (non-hydrogen) atoms. The molecule has 2 fully saturated rings. The van der Waals surface area contributed by atoms with Gasteiger partial charge in [-0.25, -0.2) is 0 Å². The maximum atomic E-state index is 12.8. The highest BCUT2D eigenvalue weighted by Gasteiger charge is 2.33. The van der Waals surface area contributed by atoms with Gasteiger partial charge in [-0.05, 0) is 24.8 Å². The summed E-state index contributed by atoms with van der Waals surface area (Å²) in [6, 6.07) is 11.8. The molecule has 6 nitrogen and oxygen atoms in total. The van der Waals surface area contributed by atoms with E-state index < -0.39 is 0 Å². The summed E-state index contributed by atoms with van der Waals surface area (Å²) in [6.07, 6.45) is 4.90. The van der Waals surface area contributed by atoms with E-state index in [2.05, 4.69) is 11.1 Å². The fourth-order valence-electron chi connectivity index (χ4n) is 3.29. The molecule has 0 N–H and O–H groups in total. The fourth-order valence-corrected chi connectivity index (χ4v) is 4.51. The third-order valence-corrected chi connectivity index (χ3v) is 6.06. The summed E-state index contributed by atoms with van der Waals surface area (Å²) < 4.78 is 6.34. The van der Waals surface area contributed by atoms with Crippen molar-refractivity contribution in [1.29, 1.82) is 5.26 Å². The standard InChI is InChI=1S/C20H18N4O2S2/c21-12-15-19(23-9-5-2-6-10-23)26-17(22-15)11-16-18(25)24(20(27)28-16)13-14-7-3-1-4-8-14/h1,3-4,7-8,11H,2,5-6,9-10,13H2/b16-11-. The molecule has 0 unspecified atom stereocenters. The SMILES string of the molecule is N#Cc1nc(/C=C2\SC(=S)N(Cc3ccccc3)C2=O)oc1N1CCCCC1. The van der Waals surface area contributed by atoms with E-state index in [9.17, 15) is 10.1 Å². The lowest BCUT2D eigenvalue weighted by atomic mass is 10.1. The number of amides is 1. The zero-order valence-electron chi connectivity index (χ0n) is 15.1. The van der Waals surface area contributed by atoms with Crippen molar-refractivity contribution in [2.24, 2.45) is 0 Å². The number of thiocarbonyl (C=S) groups is 1. The minimum atomic E-state index is -0.171. The van der Waals surface area contributed by atoms with Crippen molar-refractivity contribution in [1.82, 2.24) is 9.88 Å². The number of oxazole rings is 1. The van der Waals surface area contributed by atoms with Crippen molar-refractivity contribution in [3.8, 4) is 6.07 Å². The topological polar surface area (TPSA) is 73.4 Å². The molecular formula is C20H18N4O2S2. The number of piperidine rings is 1. The van der Waals surface area contributed by atoms with Gasteiger partial charge in [0, 0.05) is 19.2 Å². The minimum absolute atomic E-state index is 0.171. The summed E-state index contributed by atoms with van der Waals surface area (Å²) in [5.74, 6) is 0.584. The second kappa shape index (κ2) is 8.17. The van der Waals surface area contributed by atoms with Crippen molar-refractivity contribution in [3.05, 3.63) is 52.4 Å². The van der Waals surface area contributed by atoms with Crippen molar-refractivity contribution in [2.45, 2.75) is 25.8 Å². The van der Waals surface area contributed by atoms with Crippen LogP contribution in [0.15, 0.2) is 39.7 Å². The molecule has 0 saturated carbocycles. The van der Waals surface area contributed by atoms with Crippen LogP contribution in [-0.2, 0) is 11.3 Å². The normalized spacial score (nSPS) is 18.8. The molecule has 1 aromatic carbocycles. The molecule has 142 valence electrons. The Hall–Kier alpha value is -2.63. The number of benzene rings is 1. The smallest absolute Gasteiger partial charge is 0.266 e. The average molecular weight is 411 g/mol. The summed E-state index contributed by atoms with van der Waals surface area (Å²) in [4.78, 5) is 21.1. The maximum absolute atomic E-state index is 12.8. The van der Waals surface area contributed by atoms with Gasteiger partial charge in [-0.2, -0.15) is 10.2 Å². The molecule has 2 aliphatic rings. The number of aromatic nitrogens is 1. The lowest BCUT2D eigenvalue weighted by Crippen LogP contribution is -2.29. The highest BCUT2D eigenvalue weighted by atomic mass is 32.2. The largest absolute Gasteiger partial charge is 0.420 e. The molecule has 8 heteroatoms. The third-order valence-electron chi connectivity index (χ3n) is 4.69. The number of thioether (sulfide) groups is 1. The molecule has 2 saturated heterocycles. The number of hydrogen-bond donors (Lipinski definition) is 0. The first-order valence-corrected chi connectivity index (χ1v) is 10.3. The molecule has 0 bridgehead atoms. The van der Waals surface area contributed by atoms with E-state index in [0.717, 1.165) is 31.5 Å². The Balaban J connectivity index is 1.56. The summed E-state index contributed by atoms with van der Waals surface area (Å²) in [5.41, 5.74) is 1.27. The molecular weight excluding hydrogens is 392 g/mol. The Morgan fingerprint density at radius 3 is 2.71 bits per heavy atom. The van der Waals surface area contributed by atoms with Crippen LogP contribution in [0.4, 0.5) is 5.88 Å². The molecule has 2 aliphatic heterocycles. The Labute approximate surface area is 172 Å². The number of nitrogens with zero attached hydrogens (tertiary/aromatic N) is 4. The number of hydrogen-bond acceptors (Lipinski definition) is 7. The number of carbonyl (C=O) groups excluding carboxylic acids is 1. The second-order valence-electron chi connectivity index (χ2n) is 6.62. The lowest BCUT2D eigenvalue weighted by Gasteiger charge is -2.25. The van der Waals surface area contributed by atoms with Gasteiger partial charge in [0.25, 0.3) is 5.91 Å². The maximum Gasteiger partial charge on any atom is 0.266 e. The van der Waals surface area contributed by atoms with Crippen LogP contribution in [0.25, 0.3) is 6.08 Å². The van der Waals surface area contributed by atoms with Gasteiger partial charge in [0.2, 0.25) is 17.5 Å². The highest BCUT2D eigenvalue weighted by molar-refractivity contribution is 8.26. The Kier molecular flexibility index (Phi) is 5.46. The Morgan fingerprint density at radius 2 is 2.00 bits per heavy atom. The Morgan fingerprint density at radius 1 is 1.25 bits per heavy atom. The van der Waals surface area contributed by atoms with E-state index in [4.69, 9.17) is 16.6 Å². The van der Waals surface area contributed by atoms with Gasteiger partial charge < -0.3 is 9.32 Å². The number of rotatable bonds is 4. The van der Waals surface area contributed by atoms with Gasteiger partial charge in [-0.1, -0.05) is 54.3 Å². The van der Waals surface area contributed by atoms with Gasteiger partial charge in [0.05, 0.1) is 11.4 Å². The quantitative estimate of drug-likeness (QED) is 0.558. The van der Waals surface area contributed by atoms with Gasteiger partial charge in [0.1, 0.15) is 10.4 Å².